The van der Waals surface area contributed by atoms with E-state index >= 15 is 0 Å². The Morgan fingerprint density at radius 3 is 2.77 bits per heavy atom. The lowest BCUT2D eigenvalue weighted by molar-refractivity contribution is -0.133. The van der Waals surface area contributed by atoms with Gasteiger partial charge in [0.15, 0.2) is 5.16 Å². The maximum Gasteiger partial charge on any atom is 0.313 e. The second-order valence-electron chi connectivity index (χ2n) is 5.78. The molecular formula is C19H14BrN3O2S. The highest BCUT2D eigenvalue weighted by atomic mass is 79.9. The van der Waals surface area contributed by atoms with Crippen LogP contribution in [0.3, 0.4) is 0 Å². The lowest BCUT2D eigenvalue weighted by atomic mass is 10.0. The number of hydrogen-bond acceptors (Lipinski definition) is 4. The number of carbonyl (C=O) groups is 1. The molecule has 0 radical (unpaired) electrons. The molecule has 2 heterocycles. The van der Waals surface area contributed by atoms with Gasteiger partial charge < -0.3 is 9.67 Å². The van der Waals surface area contributed by atoms with Crippen molar-refractivity contribution in [2.75, 3.05) is 5.75 Å². The van der Waals surface area contributed by atoms with Crippen LogP contribution in [0.1, 0.15) is 5.56 Å². The van der Waals surface area contributed by atoms with Crippen molar-refractivity contribution in [1.82, 2.24) is 14.5 Å². The van der Waals surface area contributed by atoms with Gasteiger partial charge >= 0.3 is 5.97 Å². The Morgan fingerprint density at radius 2 is 1.96 bits per heavy atom. The maximum absolute atomic E-state index is 11.0. The number of fused-ring (bicyclic) bond motifs is 2. The minimum atomic E-state index is -0.860. The first-order valence-corrected chi connectivity index (χ1v) is 9.72. The SMILES string of the molecule is O=C(O)CSc1nc2cnccc2n1Cc1ccc(Br)c2ccccc12. The van der Waals surface area contributed by atoms with Gasteiger partial charge in [-0.1, -0.05) is 58.0 Å². The number of aliphatic carboxylic acids is 1. The van der Waals surface area contributed by atoms with Gasteiger partial charge in [0, 0.05) is 10.7 Å². The van der Waals surface area contributed by atoms with Gasteiger partial charge in [-0.3, -0.25) is 9.78 Å². The van der Waals surface area contributed by atoms with Crippen molar-refractivity contribution < 1.29 is 9.90 Å². The van der Waals surface area contributed by atoms with Crippen LogP contribution in [-0.2, 0) is 11.3 Å². The van der Waals surface area contributed by atoms with E-state index in [1.54, 1.807) is 12.4 Å². The predicted octanol–water partition coefficient (Wildman–Crippen LogP) is 4.57. The molecular weight excluding hydrogens is 414 g/mol. The van der Waals surface area contributed by atoms with Crippen LogP contribution in [0.4, 0.5) is 0 Å². The molecule has 0 unspecified atom stereocenters. The van der Waals surface area contributed by atoms with Crippen molar-refractivity contribution in [3.8, 4) is 0 Å². The van der Waals surface area contributed by atoms with Crippen molar-refractivity contribution in [3.63, 3.8) is 0 Å². The van der Waals surface area contributed by atoms with Crippen LogP contribution in [0, 0.1) is 0 Å². The first-order chi connectivity index (χ1) is 12.6. The number of aromatic nitrogens is 3. The number of carboxylic acids is 1. The topological polar surface area (TPSA) is 68.0 Å². The second kappa shape index (κ2) is 7.09. The number of hydrogen-bond donors (Lipinski definition) is 1. The van der Waals surface area contributed by atoms with Crippen LogP contribution in [0.5, 0.6) is 0 Å². The lowest BCUT2D eigenvalue weighted by Gasteiger charge is -2.12. The Balaban J connectivity index is 1.83. The summed E-state index contributed by atoms with van der Waals surface area (Å²) in [5, 5.41) is 12.0. The Bertz CT molecular complexity index is 1130. The smallest absolute Gasteiger partial charge is 0.313 e. The van der Waals surface area contributed by atoms with E-state index in [1.807, 2.05) is 24.3 Å². The average molecular weight is 428 g/mol. The highest BCUT2D eigenvalue weighted by molar-refractivity contribution is 9.10. The first kappa shape index (κ1) is 17.1. The molecule has 1 N–H and O–H groups in total. The number of nitrogens with zero attached hydrogens (tertiary/aromatic N) is 3. The van der Waals surface area contributed by atoms with E-state index in [4.69, 9.17) is 5.11 Å². The molecule has 26 heavy (non-hydrogen) atoms. The second-order valence-corrected chi connectivity index (χ2v) is 7.58. The van der Waals surface area contributed by atoms with Crippen molar-refractivity contribution in [3.05, 3.63) is 64.9 Å². The molecule has 0 aliphatic rings. The van der Waals surface area contributed by atoms with Crippen LogP contribution in [0.25, 0.3) is 21.8 Å². The zero-order chi connectivity index (χ0) is 18.1. The predicted molar refractivity (Wildman–Crippen MR) is 107 cm³/mol. The van der Waals surface area contributed by atoms with Gasteiger partial charge in [0.25, 0.3) is 0 Å². The minimum absolute atomic E-state index is 0.0299. The highest BCUT2D eigenvalue weighted by Crippen LogP contribution is 2.30. The van der Waals surface area contributed by atoms with E-state index < -0.39 is 5.97 Å². The molecule has 0 fully saturated rings. The Labute approximate surface area is 162 Å². The van der Waals surface area contributed by atoms with Crippen molar-refractivity contribution in [2.45, 2.75) is 11.7 Å². The molecule has 4 rings (SSSR count). The highest BCUT2D eigenvalue weighted by Gasteiger charge is 2.14. The molecule has 0 saturated carbocycles. The number of halogens is 1. The standard InChI is InChI=1S/C19H14BrN3O2S/c20-15-6-5-12(13-3-1-2-4-14(13)15)10-23-17-7-8-21-9-16(17)22-19(23)26-11-18(24)25/h1-9H,10-11H2,(H,24,25). The summed E-state index contributed by atoms with van der Waals surface area (Å²) >= 11 is 4.83. The fourth-order valence-corrected chi connectivity index (χ4v) is 4.19. The van der Waals surface area contributed by atoms with Crippen molar-refractivity contribution in [1.29, 1.82) is 0 Å². The third-order valence-corrected chi connectivity index (χ3v) is 5.78. The van der Waals surface area contributed by atoms with Crippen LogP contribution >= 0.6 is 27.7 Å². The number of thioether (sulfide) groups is 1. The van der Waals surface area contributed by atoms with E-state index in [1.165, 1.54) is 11.8 Å². The van der Waals surface area contributed by atoms with Gasteiger partial charge in [-0.2, -0.15) is 0 Å². The fourth-order valence-electron chi connectivity index (χ4n) is 2.98. The van der Waals surface area contributed by atoms with E-state index in [0.29, 0.717) is 11.7 Å². The molecule has 0 atom stereocenters. The zero-order valence-corrected chi connectivity index (χ0v) is 16.0. The van der Waals surface area contributed by atoms with Crippen LogP contribution in [0.2, 0.25) is 0 Å². The van der Waals surface area contributed by atoms with Gasteiger partial charge in [0.2, 0.25) is 0 Å². The Kier molecular flexibility index (Phi) is 4.65. The fraction of sp³-hybridized carbons (Fsp3) is 0.105. The summed E-state index contributed by atoms with van der Waals surface area (Å²) in [7, 11) is 0. The van der Waals surface area contributed by atoms with Gasteiger partial charge in [-0.25, -0.2) is 4.98 Å². The molecule has 0 bridgehead atoms. The van der Waals surface area contributed by atoms with Gasteiger partial charge in [0.1, 0.15) is 5.52 Å². The molecule has 0 spiro atoms. The summed E-state index contributed by atoms with van der Waals surface area (Å²) in [4.78, 5) is 19.7. The summed E-state index contributed by atoms with van der Waals surface area (Å²) in [5.74, 6) is -0.890. The first-order valence-electron chi connectivity index (χ1n) is 7.94. The van der Waals surface area contributed by atoms with Crippen molar-refractivity contribution in [2.24, 2.45) is 0 Å². The molecule has 2 aromatic carbocycles. The van der Waals surface area contributed by atoms with E-state index in [2.05, 4.69) is 48.7 Å². The van der Waals surface area contributed by atoms with Gasteiger partial charge in [0.05, 0.1) is 24.0 Å². The molecule has 7 heteroatoms. The summed E-state index contributed by atoms with van der Waals surface area (Å²) < 4.78 is 3.11. The van der Waals surface area contributed by atoms with Gasteiger partial charge in [-0.15, -0.1) is 0 Å². The molecule has 2 aromatic heterocycles. The van der Waals surface area contributed by atoms with E-state index in [-0.39, 0.29) is 5.75 Å². The third-order valence-electron chi connectivity index (χ3n) is 4.13. The molecule has 0 aliphatic carbocycles. The van der Waals surface area contributed by atoms with E-state index in [9.17, 15) is 4.79 Å². The molecule has 4 aromatic rings. The molecule has 0 amide bonds. The normalized spacial score (nSPS) is 11.3. The Morgan fingerprint density at radius 1 is 1.15 bits per heavy atom. The summed E-state index contributed by atoms with van der Waals surface area (Å²) in [6.07, 6.45) is 3.43. The molecule has 130 valence electrons. The molecule has 0 aliphatic heterocycles. The summed E-state index contributed by atoms with van der Waals surface area (Å²) in [6, 6.07) is 14.3. The van der Waals surface area contributed by atoms with E-state index in [0.717, 1.165) is 31.8 Å². The number of imidazole rings is 1. The molecule has 0 saturated heterocycles. The summed E-state index contributed by atoms with van der Waals surface area (Å²) in [6.45, 7) is 0.607. The van der Waals surface area contributed by atoms with Crippen molar-refractivity contribution >= 4 is 55.5 Å². The number of rotatable bonds is 5. The van der Waals surface area contributed by atoms with Crippen LogP contribution < -0.4 is 0 Å². The molecule has 5 nitrogen and oxygen atoms in total. The third kappa shape index (κ3) is 3.20. The minimum Gasteiger partial charge on any atom is -0.481 e. The largest absolute Gasteiger partial charge is 0.481 e. The van der Waals surface area contributed by atoms with Crippen LogP contribution in [0.15, 0.2) is 64.5 Å². The summed E-state index contributed by atoms with van der Waals surface area (Å²) in [5.41, 5.74) is 2.86. The average Bonchev–Trinajstić information content (AvgIpc) is 3.00. The van der Waals surface area contributed by atoms with Gasteiger partial charge in [-0.05, 0) is 28.5 Å². The number of pyridine rings is 1. The Hall–Kier alpha value is -2.38. The maximum atomic E-state index is 11.0. The lowest BCUT2D eigenvalue weighted by Crippen LogP contribution is -2.05. The monoisotopic (exact) mass is 427 g/mol. The van der Waals surface area contributed by atoms with Crippen LogP contribution in [-0.4, -0.2) is 31.4 Å². The zero-order valence-electron chi connectivity index (χ0n) is 13.6. The number of carboxylic acid groups (broad SMARTS) is 1. The number of benzene rings is 2. The quantitative estimate of drug-likeness (QED) is 0.472.